The summed E-state index contributed by atoms with van der Waals surface area (Å²) in [6, 6.07) is 7.53. The number of nitrogens with one attached hydrogen (secondary N) is 1. The molecular formula is C20H28N2O3. The van der Waals surface area contributed by atoms with Crippen molar-refractivity contribution < 1.29 is 14.3 Å². The van der Waals surface area contributed by atoms with Crippen LogP contribution in [0.5, 0.6) is 5.75 Å². The first kappa shape index (κ1) is 17.8. The van der Waals surface area contributed by atoms with Crippen LogP contribution in [-0.4, -0.2) is 31.5 Å². The molecule has 0 aromatic heterocycles. The second kappa shape index (κ2) is 8.37. The lowest BCUT2D eigenvalue weighted by Gasteiger charge is -2.23. The number of para-hydroxylation sites is 2. The molecule has 1 heterocycles. The summed E-state index contributed by atoms with van der Waals surface area (Å²) < 4.78 is 5.63. The summed E-state index contributed by atoms with van der Waals surface area (Å²) in [6.45, 7) is 3.65. The van der Waals surface area contributed by atoms with E-state index in [1.165, 1.54) is 32.1 Å². The van der Waals surface area contributed by atoms with Crippen molar-refractivity contribution in [1.29, 1.82) is 0 Å². The normalized spacial score (nSPS) is 21.4. The van der Waals surface area contributed by atoms with E-state index in [-0.39, 0.29) is 24.2 Å². The maximum absolute atomic E-state index is 12.5. The van der Waals surface area contributed by atoms with E-state index >= 15 is 0 Å². The number of nitrogens with zero attached hydrogens (tertiary/aromatic N) is 1. The summed E-state index contributed by atoms with van der Waals surface area (Å²) in [7, 11) is 0. The van der Waals surface area contributed by atoms with Gasteiger partial charge in [-0.25, -0.2) is 0 Å². The highest BCUT2D eigenvalue weighted by molar-refractivity contribution is 6.01. The van der Waals surface area contributed by atoms with Crippen LogP contribution in [0.1, 0.15) is 45.4 Å². The average Bonchev–Trinajstić information content (AvgIpc) is 3.03. The zero-order chi connectivity index (χ0) is 17.6. The highest BCUT2D eigenvalue weighted by Crippen LogP contribution is 2.33. The summed E-state index contributed by atoms with van der Waals surface area (Å²) >= 11 is 0. The molecule has 136 valence electrons. The Bertz CT molecular complexity index is 611. The van der Waals surface area contributed by atoms with E-state index in [4.69, 9.17) is 4.74 Å². The van der Waals surface area contributed by atoms with Gasteiger partial charge in [0.25, 0.3) is 0 Å². The third kappa shape index (κ3) is 4.33. The molecule has 0 bridgehead atoms. The van der Waals surface area contributed by atoms with E-state index in [1.54, 1.807) is 4.90 Å². The van der Waals surface area contributed by atoms with Crippen LogP contribution in [0.25, 0.3) is 0 Å². The molecule has 5 heteroatoms. The van der Waals surface area contributed by atoms with Gasteiger partial charge in [0, 0.05) is 19.5 Å². The number of benzene rings is 1. The molecule has 2 fully saturated rings. The van der Waals surface area contributed by atoms with E-state index in [0.29, 0.717) is 24.8 Å². The van der Waals surface area contributed by atoms with Gasteiger partial charge in [0.1, 0.15) is 5.75 Å². The van der Waals surface area contributed by atoms with Crippen LogP contribution >= 0.6 is 0 Å². The van der Waals surface area contributed by atoms with Crippen LogP contribution in [0.4, 0.5) is 5.69 Å². The molecular weight excluding hydrogens is 316 g/mol. The Morgan fingerprint density at radius 1 is 1.24 bits per heavy atom. The van der Waals surface area contributed by atoms with Gasteiger partial charge < -0.3 is 15.0 Å². The Kier molecular flexibility index (Phi) is 5.95. The first-order chi connectivity index (χ1) is 12.2. The maximum atomic E-state index is 12.5. The van der Waals surface area contributed by atoms with Gasteiger partial charge in [-0.3, -0.25) is 9.59 Å². The van der Waals surface area contributed by atoms with Crippen LogP contribution in [0.3, 0.4) is 0 Å². The third-order valence-corrected chi connectivity index (χ3v) is 5.24. The van der Waals surface area contributed by atoms with Gasteiger partial charge >= 0.3 is 0 Å². The van der Waals surface area contributed by atoms with Crippen molar-refractivity contribution in [3.05, 3.63) is 24.3 Å². The fraction of sp³-hybridized carbons (Fsp3) is 0.600. The molecule has 5 nitrogen and oxygen atoms in total. The van der Waals surface area contributed by atoms with Crippen molar-refractivity contribution >= 4 is 17.5 Å². The Balaban J connectivity index is 1.59. The molecule has 1 saturated heterocycles. The van der Waals surface area contributed by atoms with Gasteiger partial charge in [0.05, 0.1) is 18.2 Å². The molecule has 0 radical (unpaired) electrons. The second-order valence-corrected chi connectivity index (χ2v) is 7.06. The average molecular weight is 344 g/mol. The summed E-state index contributed by atoms with van der Waals surface area (Å²) in [5.74, 6) is 1.03. The molecule has 2 amide bonds. The largest absolute Gasteiger partial charge is 0.492 e. The molecule has 1 aliphatic carbocycles. The van der Waals surface area contributed by atoms with Gasteiger partial charge in [0.15, 0.2) is 0 Å². The van der Waals surface area contributed by atoms with E-state index in [2.05, 4.69) is 5.32 Å². The number of hydrogen-bond donors (Lipinski definition) is 1. The fourth-order valence-electron chi connectivity index (χ4n) is 3.85. The molecule has 0 spiro atoms. The number of hydrogen-bond acceptors (Lipinski definition) is 3. The number of carbonyl (C=O) groups is 2. The minimum Gasteiger partial charge on any atom is -0.492 e. The van der Waals surface area contributed by atoms with Crippen molar-refractivity contribution in [3.63, 3.8) is 0 Å². The third-order valence-electron chi connectivity index (χ3n) is 5.24. The van der Waals surface area contributed by atoms with E-state index in [0.717, 1.165) is 12.2 Å². The molecule has 2 aliphatic rings. The Hall–Kier alpha value is -2.04. The number of rotatable bonds is 6. The molecule has 1 atom stereocenters. The SMILES string of the molecule is CCOc1ccccc1N1CC(C(=O)NCC2CCCCC2)CC1=O. The van der Waals surface area contributed by atoms with Crippen LogP contribution in [0.15, 0.2) is 24.3 Å². The first-order valence-electron chi connectivity index (χ1n) is 9.49. The zero-order valence-corrected chi connectivity index (χ0v) is 15.0. The van der Waals surface area contributed by atoms with Crippen LogP contribution in [0, 0.1) is 11.8 Å². The van der Waals surface area contributed by atoms with Crippen molar-refractivity contribution in [2.24, 2.45) is 11.8 Å². The summed E-state index contributed by atoms with van der Waals surface area (Å²) in [4.78, 5) is 26.6. The molecule has 1 aliphatic heterocycles. The van der Waals surface area contributed by atoms with Crippen molar-refractivity contribution in [2.75, 3.05) is 24.6 Å². The number of anilines is 1. The van der Waals surface area contributed by atoms with Crippen LogP contribution < -0.4 is 15.0 Å². The molecule has 3 rings (SSSR count). The lowest BCUT2D eigenvalue weighted by atomic mass is 9.89. The Morgan fingerprint density at radius 2 is 2.00 bits per heavy atom. The van der Waals surface area contributed by atoms with Crippen molar-refractivity contribution in [3.8, 4) is 5.75 Å². The quantitative estimate of drug-likeness (QED) is 0.862. The van der Waals surface area contributed by atoms with Crippen molar-refractivity contribution in [2.45, 2.75) is 45.4 Å². The highest BCUT2D eigenvalue weighted by Gasteiger charge is 2.36. The smallest absolute Gasteiger partial charge is 0.227 e. The van der Waals surface area contributed by atoms with Gasteiger partial charge in [-0.2, -0.15) is 0 Å². The molecule has 1 aromatic carbocycles. The molecule has 1 unspecified atom stereocenters. The molecule has 25 heavy (non-hydrogen) atoms. The maximum Gasteiger partial charge on any atom is 0.227 e. The summed E-state index contributed by atoms with van der Waals surface area (Å²) in [5.41, 5.74) is 0.761. The molecule has 1 N–H and O–H groups in total. The van der Waals surface area contributed by atoms with Gasteiger partial charge in [-0.05, 0) is 37.8 Å². The van der Waals surface area contributed by atoms with Crippen LogP contribution in [0.2, 0.25) is 0 Å². The van der Waals surface area contributed by atoms with E-state index in [9.17, 15) is 9.59 Å². The standard InChI is InChI=1S/C20H28N2O3/c1-2-25-18-11-7-6-10-17(18)22-14-16(12-19(22)23)20(24)21-13-15-8-4-3-5-9-15/h6-7,10-11,15-16H,2-5,8-9,12-14H2,1H3,(H,21,24). The minimum absolute atomic E-state index is 0.00929. The molecule has 1 aromatic rings. The zero-order valence-electron chi connectivity index (χ0n) is 15.0. The van der Waals surface area contributed by atoms with Gasteiger partial charge in [-0.1, -0.05) is 31.4 Å². The lowest BCUT2D eigenvalue weighted by Crippen LogP contribution is -2.36. The Labute approximate surface area is 149 Å². The van der Waals surface area contributed by atoms with Crippen molar-refractivity contribution in [1.82, 2.24) is 5.32 Å². The number of ether oxygens (including phenoxy) is 1. The highest BCUT2D eigenvalue weighted by atomic mass is 16.5. The topological polar surface area (TPSA) is 58.6 Å². The summed E-state index contributed by atoms with van der Waals surface area (Å²) in [6.07, 6.45) is 6.54. The Morgan fingerprint density at radius 3 is 2.76 bits per heavy atom. The molecule has 1 saturated carbocycles. The minimum atomic E-state index is -0.272. The first-order valence-corrected chi connectivity index (χ1v) is 9.49. The predicted molar refractivity (Wildman–Crippen MR) is 97.7 cm³/mol. The second-order valence-electron chi connectivity index (χ2n) is 7.06. The van der Waals surface area contributed by atoms with E-state index in [1.807, 2.05) is 31.2 Å². The monoisotopic (exact) mass is 344 g/mol. The fourth-order valence-corrected chi connectivity index (χ4v) is 3.85. The number of carbonyl (C=O) groups excluding carboxylic acids is 2. The van der Waals surface area contributed by atoms with Crippen LogP contribution in [-0.2, 0) is 9.59 Å². The van der Waals surface area contributed by atoms with Gasteiger partial charge in [-0.15, -0.1) is 0 Å². The lowest BCUT2D eigenvalue weighted by molar-refractivity contribution is -0.126. The number of amides is 2. The summed E-state index contributed by atoms with van der Waals surface area (Å²) in [5, 5.41) is 3.08. The van der Waals surface area contributed by atoms with Gasteiger partial charge in [0.2, 0.25) is 11.8 Å². The predicted octanol–water partition coefficient (Wildman–Crippen LogP) is 3.13. The van der Waals surface area contributed by atoms with E-state index < -0.39 is 0 Å².